The zero-order chi connectivity index (χ0) is 15.4. The van der Waals surface area contributed by atoms with Gasteiger partial charge in [-0.2, -0.15) is 0 Å². The number of nitrogens with one attached hydrogen (secondary N) is 1. The highest BCUT2D eigenvalue weighted by molar-refractivity contribution is 7.13. The highest BCUT2D eigenvalue weighted by Gasteiger charge is 2.11. The molecule has 110 valence electrons. The van der Waals surface area contributed by atoms with Crippen LogP contribution in [0, 0.1) is 0 Å². The van der Waals surface area contributed by atoms with Crippen molar-refractivity contribution in [1.82, 2.24) is 10.3 Å². The molecule has 0 atom stereocenters. The Labute approximate surface area is 132 Å². The SMILES string of the molecule is Nc1ncccc1C(=O)NCc1ccccc1-c1cccs1. The van der Waals surface area contributed by atoms with E-state index in [0.29, 0.717) is 12.1 Å². The van der Waals surface area contributed by atoms with Crippen molar-refractivity contribution in [2.75, 3.05) is 5.73 Å². The molecule has 0 fully saturated rings. The number of carbonyl (C=O) groups is 1. The average molecular weight is 309 g/mol. The van der Waals surface area contributed by atoms with E-state index in [1.54, 1.807) is 29.7 Å². The Morgan fingerprint density at radius 1 is 1.14 bits per heavy atom. The first kappa shape index (κ1) is 14.3. The fourth-order valence-electron chi connectivity index (χ4n) is 2.23. The average Bonchev–Trinajstić information content (AvgIpc) is 3.07. The number of nitrogen functional groups attached to an aromatic ring is 1. The van der Waals surface area contributed by atoms with Gasteiger partial charge in [-0.05, 0) is 34.7 Å². The van der Waals surface area contributed by atoms with Crippen molar-refractivity contribution in [3.8, 4) is 10.4 Å². The monoisotopic (exact) mass is 309 g/mol. The number of nitrogens with zero attached hydrogens (tertiary/aromatic N) is 1. The molecule has 3 rings (SSSR count). The van der Waals surface area contributed by atoms with Crippen molar-refractivity contribution in [1.29, 1.82) is 0 Å². The predicted molar refractivity (Wildman–Crippen MR) is 89.6 cm³/mol. The molecule has 2 aromatic heterocycles. The van der Waals surface area contributed by atoms with Crippen LogP contribution in [0.15, 0.2) is 60.1 Å². The molecule has 0 saturated carbocycles. The van der Waals surface area contributed by atoms with Crippen LogP contribution in [-0.4, -0.2) is 10.9 Å². The molecule has 0 spiro atoms. The number of hydrogen-bond acceptors (Lipinski definition) is 4. The molecule has 3 N–H and O–H groups in total. The van der Waals surface area contributed by atoms with E-state index in [4.69, 9.17) is 5.73 Å². The summed E-state index contributed by atoms with van der Waals surface area (Å²) in [5, 5.41) is 4.95. The maximum absolute atomic E-state index is 12.2. The number of thiophene rings is 1. The Morgan fingerprint density at radius 2 is 2.00 bits per heavy atom. The molecule has 1 aromatic carbocycles. The van der Waals surface area contributed by atoms with Gasteiger partial charge >= 0.3 is 0 Å². The third kappa shape index (κ3) is 2.99. The van der Waals surface area contributed by atoms with Crippen LogP contribution in [0.25, 0.3) is 10.4 Å². The smallest absolute Gasteiger partial charge is 0.255 e. The minimum absolute atomic E-state index is 0.216. The molecular formula is C17H15N3OS. The lowest BCUT2D eigenvalue weighted by atomic mass is 10.1. The van der Waals surface area contributed by atoms with Gasteiger partial charge in [-0.15, -0.1) is 11.3 Å². The predicted octanol–water partition coefficient (Wildman–Crippen LogP) is 3.32. The first-order valence-corrected chi connectivity index (χ1v) is 7.74. The number of pyridine rings is 1. The van der Waals surface area contributed by atoms with Crippen LogP contribution in [0.4, 0.5) is 5.82 Å². The van der Waals surface area contributed by atoms with Gasteiger partial charge in [-0.25, -0.2) is 4.98 Å². The standard InChI is InChI=1S/C17H15N3OS/c18-16-14(7-3-9-19-16)17(21)20-11-12-5-1-2-6-13(12)15-8-4-10-22-15/h1-10H,11H2,(H2,18,19)(H,20,21). The van der Waals surface area contributed by atoms with Crippen LogP contribution in [-0.2, 0) is 6.54 Å². The third-order valence-electron chi connectivity index (χ3n) is 3.33. The summed E-state index contributed by atoms with van der Waals surface area (Å²) in [5.74, 6) is 0.0260. The van der Waals surface area contributed by atoms with Gasteiger partial charge in [-0.1, -0.05) is 30.3 Å². The molecule has 0 bridgehead atoms. The normalized spacial score (nSPS) is 10.4. The molecule has 1 amide bonds. The topological polar surface area (TPSA) is 68.0 Å². The van der Waals surface area contributed by atoms with Crippen LogP contribution < -0.4 is 11.1 Å². The number of aromatic nitrogens is 1. The Hall–Kier alpha value is -2.66. The summed E-state index contributed by atoms with van der Waals surface area (Å²) < 4.78 is 0. The molecule has 22 heavy (non-hydrogen) atoms. The number of carbonyl (C=O) groups excluding carboxylic acids is 1. The first-order valence-electron chi connectivity index (χ1n) is 6.86. The van der Waals surface area contributed by atoms with E-state index in [0.717, 1.165) is 11.1 Å². The minimum Gasteiger partial charge on any atom is -0.383 e. The highest BCUT2D eigenvalue weighted by Crippen LogP contribution is 2.27. The van der Waals surface area contributed by atoms with Crippen molar-refractivity contribution in [2.24, 2.45) is 0 Å². The number of anilines is 1. The molecule has 3 aromatic rings. The fraction of sp³-hybridized carbons (Fsp3) is 0.0588. The Bertz CT molecular complexity index is 784. The maximum atomic E-state index is 12.2. The maximum Gasteiger partial charge on any atom is 0.255 e. The van der Waals surface area contributed by atoms with Crippen LogP contribution in [0.2, 0.25) is 0 Å². The van der Waals surface area contributed by atoms with Crippen molar-refractivity contribution < 1.29 is 4.79 Å². The molecule has 0 aliphatic heterocycles. The highest BCUT2D eigenvalue weighted by atomic mass is 32.1. The van der Waals surface area contributed by atoms with Crippen LogP contribution in [0.5, 0.6) is 0 Å². The van der Waals surface area contributed by atoms with E-state index in [1.165, 1.54) is 4.88 Å². The second-order valence-electron chi connectivity index (χ2n) is 4.75. The molecule has 4 nitrogen and oxygen atoms in total. The molecule has 5 heteroatoms. The lowest BCUT2D eigenvalue weighted by Crippen LogP contribution is -2.24. The Balaban J connectivity index is 1.78. The number of hydrogen-bond donors (Lipinski definition) is 2. The van der Waals surface area contributed by atoms with Crippen molar-refractivity contribution in [2.45, 2.75) is 6.54 Å². The van der Waals surface area contributed by atoms with Crippen molar-refractivity contribution in [3.63, 3.8) is 0 Å². The molecule has 0 aliphatic carbocycles. The van der Waals surface area contributed by atoms with E-state index in [9.17, 15) is 4.79 Å². The van der Waals surface area contributed by atoms with Gasteiger partial charge < -0.3 is 11.1 Å². The van der Waals surface area contributed by atoms with Crippen LogP contribution in [0.3, 0.4) is 0 Å². The van der Waals surface area contributed by atoms with Gasteiger partial charge in [0.1, 0.15) is 5.82 Å². The van der Waals surface area contributed by atoms with Crippen LogP contribution in [0.1, 0.15) is 15.9 Å². The molecule has 0 saturated heterocycles. The van der Waals surface area contributed by atoms with E-state index < -0.39 is 0 Å². The van der Waals surface area contributed by atoms with Gasteiger partial charge in [0.15, 0.2) is 0 Å². The summed E-state index contributed by atoms with van der Waals surface area (Å²) in [4.78, 5) is 17.3. The number of rotatable bonds is 4. The molecule has 0 radical (unpaired) electrons. The third-order valence-corrected chi connectivity index (χ3v) is 4.23. The molecular weight excluding hydrogens is 294 g/mol. The van der Waals surface area contributed by atoms with Gasteiger partial charge in [0.05, 0.1) is 5.56 Å². The summed E-state index contributed by atoms with van der Waals surface area (Å²) in [6.07, 6.45) is 1.57. The first-order chi connectivity index (χ1) is 10.8. The number of amides is 1. The zero-order valence-corrected chi connectivity index (χ0v) is 12.6. The number of benzene rings is 1. The van der Waals surface area contributed by atoms with E-state index in [-0.39, 0.29) is 11.7 Å². The van der Waals surface area contributed by atoms with Crippen LogP contribution >= 0.6 is 11.3 Å². The lowest BCUT2D eigenvalue weighted by molar-refractivity contribution is 0.0951. The molecule has 0 aliphatic rings. The Kier molecular flexibility index (Phi) is 4.16. The van der Waals surface area contributed by atoms with E-state index in [2.05, 4.69) is 22.4 Å². The van der Waals surface area contributed by atoms with Gasteiger partial charge in [0, 0.05) is 17.6 Å². The molecule has 0 unspecified atom stereocenters. The summed E-state index contributed by atoms with van der Waals surface area (Å²) in [7, 11) is 0. The quantitative estimate of drug-likeness (QED) is 0.777. The van der Waals surface area contributed by atoms with E-state index in [1.807, 2.05) is 29.6 Å². The Morgan fingerprint density at radius 3 is 2.77 bits per heavy atom. The van der Waals surface area contributed by atoms with Gasteiger partial charge in [0.2, 0.25) is 0 Å². The van der Waals surface area contributed by atoms with Gasteiger partial charge in [0.25, 0.3) is 5.91 Å². The second kappa shape index (κ2) is 6.41. The minimum atomic E-state index is -0.216. The summed E-state index contributed by atoms with van der Waals surface area (Å²) in [6, 6.07) is 15.5. The second-order valence-corrected chi connectivity index (χ2v) is 5.70. The summed E-state index contributed by atoms with van der Waals surface area (Å²) >= 11 is 1.68. The summed E-state index contributed by atoms with van der Waals surface area (Å²) in [6.45, 7) is 0.446. The largest absolute Gasteiger partial charge is 0.383 e. The number of nitrogens with two attached hydrogens (primary N) is 1. The van der Waals surface area contributed by atoms with Crippen molar-refractivity contribution >= 4 is 23.1 Å². The van der Waals surface area contributed by atoms with Crippen molar-refractivity contribution in [3.05, 3.63) is 71.2 Å². The molecule has 2 heterocycles. The van der Waals surface area contributed by atoms with E-state index >= 15 is 0 Å². The fourth-order valence-corrected chi connectivity index (χ4v) is 3.01. The van der Waals surface area contributed by atoms with Gasteiger partial charge in [-0.3, -0.25) is 4.79 Å². The lowest BCUT2D eigenvalue weighted by Gasteiger charge is -2.10. The summed E-state index contributed by atoms with van der Waals surface area (Å²) in [5.41, 5.74) is 8.33. The zero-order valence-electron chi connectivity index (χ0n) is 11.8.